The van der Waals surface area contributed by atoms with Crippen molar-refractivity contribution in [2.24, 2.45) is 0 Å². The fourth-order valence-electron chi connectivity index (χ4n) is 1.94. The van der Waals surface area contributed by atoms with E-state index in [9.17, 15) is 0 Å². The third kappa shape index (κ3) is 4.43. The van der Waals surface area contributed by atoms with Crippen LogP contribution in [0.4, 0.5) is 0 Å². The molecule has 0 bridgehead atoms. The van der Waals surface area contributed by atoms with E-state index < -0.39 is 0 Å². The fourth-order valence-corrected chi connectivity index (χ4v) is 1.94. The summed E-state index contributed by atoms with van der Waals surface area (Å²) in [5, 5.41) is 8.61. The molecule has 0 radical (unpaired) electrons. The zero-order valence-corrected chi connectivity index (χ0v) is 9.13. The third-order valence-electron chi connectivity index (χ3n) is 2.84. The molecule has 0 saturated carbocycles. The maximum absolute atomic E-state index is 8.61. The molecule has 78 valence electrons. The molecule has 0 unspecified atom stereocenters. The van der Waals surface area contributed by atoms with Gasteiger partial charge in [-0.2, -0.15) is 5.26 Å². The molecule has 0 aromatic heterocycles. The number of hydrogen-bond acceptors (Lipinski definition) is 2. The van der Waals surface area contributed by atoms with Gasteiger partial charge in [-0.1, -0.05) is 5.57 Å². The summed E-state index contributed by atoms with van der Waals surface area (Å²) in [6.07, 6.45) is 9.00. The molecule has 0 aliphatic carbocycles. The summed E-state index contributed by atoms with van der Waals surface area (Å²) in [5.74, 6) is 0. The van der Waals surface area contributed by atoms with Crippen LogP contribution in [0.15, 0.2) is 11.6 Å². The van der Waals surface area contributed by atoms with Gasteiger partial charge in [0.15, 0.2) is 0 Å². The molecule has 0 spiro atoms. The van der Waals surface area contributed by atoms with Crippen LogP contribution in [0.1, 0.15) is 38.5 Å². The normalized spacial score (nSPS) is 21.3. The zero-order valence-electron chi connectivity index (χ0n) is 9.13. The highest BCUT2D eigenvalue weighted by Gasteiger charge is 2.04. The highest BCUT2D eigenvalue weighted by Crippen LogP contribution is 2.16. The van der Waals surface area contributed by atoms with Crippen LogP contribution in [0, 0.1) is 11.3 Å². The summed E-state index contributed by atoms with van der Waals surface area (Å²) in [6.45, 7) is 2.42. The van der Waals surface area contributed by atoms with Crippen LogP contribution in [-0.2, 0) is 0 Å². The lowest BCUT2D eigenvalue weighted by Crippen LogP contribution is -2.21. The predicted octanol–water partition coefficient (Wildman–Crippen LogP) is 2.72. The van der Waals surface area contributed by atoms with Gasteiger partial charge in [-0.25, -0.2) is 0 Å². The Kier molecular flexibility index (Phi) is 5.32. The van der Waals surface area contributed by atoms with Crippen molar-refractivity contribution in [2.45, 2.75) is 38.5 Å². The van der Waals surface area contributed by atoms with Crippen LogP contribution in [0.3, 0.4) is 0 Å². The molecule has 1 heterocycles. The van der Waals surface area contributed by atoms with Gasteiger partial charge < -0.3 is 4.90 Å². The molecule has 14 heavy (non-hydrogen) atoms. The lowest BCUT2D eigenvalue weighted by molar-refractivity contribution is 0.314. The number of nitriles is 1. The van der Waals surface area contributed by atoms with Crippen molar-refractivity contribution in [3.63, 3.8) is 0 Å². The summed E-state index contributed by atoms with van der Waals surface area (Å²) in [4.78, 5) is 2.42. The first-order valence-corrected chi connectivity index (χ1v) is 5.59. The van der Waals surface area contributed by atoms with E-state index in [0.29, 0.717) is 0 Å². The van der Waals surface area contributed by atoms with E-state index >= 15 is 0 Å². The second-order valence-electron chi connectivity index (χ2n) is 4.15. The molecule has 1 rings (SSSR count). The van der Waals surface area contributed by atoms with Gasteiger partial charge in [0.05, 0.1) is 6.07 Å². The molecular formula is C12H20N2. The largest absolute Gasteiger partial charge is 0.306 e. The lowest BCUT2D eigenvalue weighted by atomic mass is 10.0. The topological polar surface area (TPSA) is 27.0 Å². The van der Waals surface area contributed by atoms with Crippen molar-refractivity contribution in [3.8, 4) is 6.07 Å². The molecule has 0 atom stereocenters. The van der Waals surface area contributed by atoms with Crippen LogP contribution in [0.2, 0.25) is 0 Å². The maximum atomic E-state index is 8.61. The maximum Gasteiger partial charge on any atom is 0.0911 e. The monoisotopic (exact) mass is 192 g/mol. The molecule has 0 amide bonds. The molecule has 2 nitrogen and oxygen atoms in total. The van der Waals surface area contributed by atoms with E-state index in [2.05, 4.69) is 18.0 Å². The van der Waals surface area contributed by atoms with Crippen LogP contribution >= 0.6 is 0 Å². The van der Waals surface area contributed by atoms with Crippen LogP contribution in [-0.4, -0.2) is 25.0 Å². The standard InChI is InChI=1S/C12H20N2/c1-14-10-4-2-6-12(8-9-13)7-3-5-11-14/h8H,2-7,10-11H2,1H3. The van der Waals surface area contributed by atoms with Crippen molar-refractivity contribution in [3.05, 3.63) is 11.6 Å². The molecule has 0 N–H and O–H groups in total. The number of rotatable bonds is 0. The van der Waals surface area contributed by atoms with Crippen LogP contribution in [0.5, 0.6) is 0 Å². The van der Waals surface area contributed by atoms with E-state index in [4.69, 9.17) is 5.26 Å². The summed E-state index contributed by atoms with van der Waals surface area (Å²) in [7, 11) is 2.20. The molecule has 2 heteroatoms. The van der Waals surface area contributed by atoms with Crippen LogP contribution in [0.25, 0.3) is 0 Å². The SMILES string of the molecule is CN1CCCCC(=CC#N)CCCC1. The van der Waals surface area contributed by atoms with Gasteiger partial charge in [0, 0.05) is 6.08 Å². The van der Waals surface area contributed by atoms with E-state index in [1.807, 2.05) is 0 Å². The predicted molar refractivity (Wildman–Crippen MR) is 58.9 cm³/mol. The highest BCUT2D eigenvalue weighted by molar-refractivity contribution is 5.13. The van der Waals surface area contributed by atoms with E-state index in [-0.39, 0.29) is 0 Å². The summed E-state index contributed by atoms with van der Waals surface area (Å²) >= 11 is 0. The Bertz CT molecular complexity index is 211. The first-order chi connectivity index (χ1) is 6.83. The Balaban J connectivity index is 2.39. The Morgan fingerprint density at radius 3 is 2.21 bits per heavy atom. The molecule has 1 aliphatic heterocycles. The number of allylic oxidation sites excluding steroid dienone is 2. The Hall–Kier alpha value is -0.810. The molecular weight excluding hydrogens is 172 g/mol. The Labute approximate surface area is 87.2 Å². The van der Waals surface area contributed by atoms with Crippen molar-refractivity contribution >= 4 is 0 Å². The minimum Gasteiger partial charge on any atom is -0.306 e. The molecule has 0 aromatic rings. The van der Waals surface area contributed by atoms with E-state index in [0.717, 1.165) is 12.8 Å². The summed E-state index contributed by atoms with van der Waals surface area (Å²) < 4.78 is 0. The first-order valence-electron chi connectivity index (χ1n) is 5.59. The summed E-state index contributed by atoms with van der Waals surface area (Å²) in [6, 6.07) is 2.16. The quantitative estimate of drug-likeness (QED) is 0.552. The smallest absolute Gasteiger partial charge is 0.0911 e. The Morgan fingerprint density at radius 1 is 1.14 bits per heavy atom. The van der Waals surface area contributed by atoms with Gasteiger partial charge >= 0.3 is 0 Å². The molecule has 1 aliphatic rings. The molecule has 1 saturated heterocycles. The van der Waals surface area contributed by atoms with Gasteiger partial charge in [-0.05, 0) is 58.7 Å². The van der Waals surface area contributed by atoms with Crippen molar-refractivity contribution in [1.82, 2.24) is 4.90 Å². The van der Waals surface area contributed by atoms with Crippen LogP contribution < -0.4 is 0 Å². The van der Waals surface area contributed by atoms with E-state index in [1.54, 1.807) is 6.08 Å². The number of nitrogens with zero attached hydrogens (tertiary/aromatic N) is 2. The first kappa shape index (κ1) is 11.3. The van der Waals surface area contributed by atoms with Gasteiger partial charge in [0.2, 0.25) is 0 Å². The minimum absolute atomic E-state index is 1.13. The lowest BCUT2D eigenvalue weighted by Gasteiger charge is -2.18. The van der Waals surface area contributed by atoms with Crippen molar-refractivity contribution in [2.75, 3.05) is 20.1 Å². The second kappa shape index (κ2) is 6.62. The highest BCUT2D eigenvalue weighted by atomic mass is 15.1. The van der Waals surface area contributed by atoms with Gasteiger partial charge in [0.1, 0.15) is 0 Å². The van der Waals surface area contributed by atoms with Gasteiger partial charge in [0.25, 0.3) is 0 Å². The second-order valence-corrected chi connectivity index (χ2v) is 4.15. The average molecular weight is 192 g/mol. The minimum atomic E-state index is 1.13. The summed E-state index contributed by atoms with van der Waals surface area (Å²) in [5.41, 5.74) is 1.36. The average Bonchev–Trinajstić information content (AvgIpc) is 2.19. The van der Waals surface area contributed by atoms with Crippen molar-refractivity contribution < 1.29 is 0 Å². The number of hydrogen-bond donors (Lipinski definition) is 0. The van der Waals surface area contributed by atoms with Gasteiger partial charge in [-0.15, -0.1) is 0 Å². The van der Waals surface area contributed by atoms with Gasteiger partial charge in [-0.3, -0.25) is 0 Å². The zero-order chi connectivity index (χ0) is 10.2. The molecule has 1 fully saturated rings. The molecule has 0 aromatic carbocycles. The Morgan fingerprint density at radius 2 is 1.71 bits per heavy atom. The van der Waals surface area contributed by atoms with E-state index in [1.165, 1.54) is 44.3 Å². The fraction of sp³-hybridized carbons (Fsp3) is 0.750. The van der Waals surface area contributed by atoms with Crippen molar-refractivity contribution in [1.29, 1.82) is 5.26 Å². The third-order valence-corrected chi connectivity index (χ3v) is 2.84.